The van der Waals surface area contributed by atoms with Crippen molar-refractivity contribution < 1.29 is 4.79 Å². The van der Waals surface area contributed by atoms with Gasteiger partial charge in [0.15, 0.2) is 5.78 Å². The van der Waals surface area contributed by atoms with Crippen molar-refractivity contribution >= 4 is 28.1 Å². The summed E-state index contributed by atoms with van der Waals surface area (Å²) in [5.74, 6) is 5.57. The molecule has 0 aliphatic heterocycles. The zero-order valence-corrected chi connectivity index (χ0v) is 18.5. The third-order valence-corrected chi connectivity index (χ3v) is 6.03. The van der Waals surface area contributed by atoms with Gasteiger partial charge >= 0.3 is 0 Å². The highest BCUT2D eigenvalue weighted by Gasteiger charge is 2.36. The average Bonchev–Trinajstić information content (AvgIpc) is 3.21. The van der Waals surface area contributed by atoms with Crippen LogP contribution < -0.4 is 0 Å². The molecule has 0 spiro atoms. The molecular weight excluding hydrogens is 412 g/mol. The Hall–Kier alpha value is -4.85. The van der Waals surface area contributed by atoms with Crippen LogP contribution in [0.2, 0.25) is 0 Å². The molecule has 34 heavy (non-hydrogen) atoms. The number of ketones is 1. The van der Waals surface area contributed by atoms with Crippen molar-refractivity contribution in [1.82, 2.24) is 0 Å². The lowest BCUT2D eigenvalue weighted by Gasteiger charge is -2.16. The molecule has 0 N–H and O–H groups in total. The van der Waals surface area contributed by atoms with E-state index in [0.29, 0.717) is 11.1 Å². The summed E-state index contributed by atoms with van der Waals surface area (Å²) in [6.45, 7) is 0. The quantitative estimate of drug-likeness (QED) is 0.326. The number of allylic oxidation sites excluding steroid dienone is 4. The van der Waals surface area contributed by atoms with Crippen molar-refractivity contribution in [3.8, 4) is 24.7 Å². The first-order valence-electron chi connectivity index (χ1n) is 11.0. The Morgan fingerprint density at radius 1 is 0.441 bits per heavy atom. The summed E-state index contributed by atoms with van der Waals surface area (Å²) >= 11 is 0. The smallest absolute Gasteiger partial charge is 0.195 e. The summed E-state index contributed by atoms with van der Waals surface area (Å²) in [7, 11) is 0. The van der Waals surface area contributed by atoms with Crippen LogP contribution in [0.3, 0.4) is 0 Å². The molecule has 0 saturated carbocycles. The number of benzene rings is 4. The van der Waals surface area contributed by atoms with E-state index in [-0.39, 0.29) is 5.78 Å². The molecule has 0 fully saturated rings. The second-order valence-corrected chi connectivity index (χ2v) is 7.94. The fourth-order valence-corrected chi connectivity index (χ4v) is 4.56. The van der Waals surface area contributed by atoms with E-state index in [4.69, 9.17) is 12.8 Å². The van der Waals surface area contributed by atoms with Crippen LogP contribution in [-0.4, -0.2) is 5.78 Å². The largest absolute Gasteiger partial charge is 0.289 e. The summed E-state index contributed by atoms with van der Waals surface area (Å²) < 4.78 is 0. The van der Waals surface area contributed by atoms with E-state index < -0.39 is 0 Å². The van der Waals surface area contributed by atoms with Crippen LogP contribution in [0, 0.1) is 24.7 Å². The standard InChI is InChI=1S/C33H20O/c1-3-23-15-11-13-21-27(23)31-29(25-17-7-5-8-18-25)33(34)30(26-19-9-6-10-20-26)32(31)28-22-14-12-16-24(28)4-2/h1-2,5-22H. The molecule has 4 aromatic carbocycles. The lowest BCUT2D eigenvalue weighted by Crippen LogP contribution is -2.02. The van der Waals surface area contributed by atoms with E-state index in [2.05, 4.69) is 11.8 Å². The summed E-state index contributed by atoms with van der Waals surface area (Å²) in [6, 6.07) is 35.0. The third-order valence-electron chi connectivity index (χ3n) is 6.03. The Labute approximate surface area is 200 Å². The van der Waals surface area contributed by atoms with Gasteiger partial charge in [-0.15, -0.1) is 12.8 Å². The zero-order valence-electron chi connectivity index (χ0n) is 18.5. The molecule has 0 atom stereocenters. The minimum atomic E-state index is -0.0407. The Morgan fingerprint density at radius 2 is 0.794 bits per heavy atom. The molecular formula is C33H20O. The van der Waals surface area contributed by atoms with Crippen LogP contribution >= 0.6 is 0 Å². The first kappa shape index (κ1) is 21.0. The lowest BCUT2D eigenvalue weighted by molar-refractivity contribution is -0.108. The molecule has 1 aliphatic rings. The van der Waals surface area contributed by atoms with Gasteiger partial charge in [0, 0.05) is 33.4 Å². The number of hydrogen-bond acceptors (Lipinski definition) is 1. The average molecular weight is 433 g/mol. The molecule has 0 saturated heterocycles. The van der Waals surface area contributed by atoms with Crippen molar-refractivity contribution in [3.05, 3.63) is 143 Å². The molecule has 1 aliphatic carbocycles. The molecule has 0 heterocycles. The normalized spacial score (nSPS) is 13.1. The van der Waals surface area contributed by atoms with E-state index in [9.17, 15) is 4.79 Å². The Bertz CT molecular complexity index is 1430. The lowest BCUT2D eigenvalue weighted by atomic mass is 9.85. The highest BCUT2D eigenvalue weighted by atomic mass is 16.1. The second-order valence-electron chi connectivity index (χ2n) is 7.94. The Morgan fingerprint density at radius 3 is 1.18 bits per heavy atom. The topological polar surface area (TPSA) is 17.1 Å². The van der Waals surface area contributed by atoms with E-state index in [1.165, 1.54) is 0 Å². The van der Waals surface area contributed by atoms with E-state index in [1.54, 1.807) is 0 Å². The molecule has 158 valence electrons. The fraction of sp³-hybridized carbons (Fsp3) is 0. The molecule has 0 radical (unpaired) electrons. The van der Waals surface area contributed by atoms with Crippen LogP contribution in [0.5, 0.6) is 0 Å². The molecule has 0 unspecified atom stereocenters. The SMILES string of the molecule is C#Cc1ccccc1C1=C(c2ccccc2)C(=O)C(c2ccccc2)=C1c1ccccc1C#C. The molecule has 0 aromatic heterocycles. The van der Waals surface area contributed by atoms with Crippen molar-refractivity contribution in [2.24, 2.45) is 0 Å². The van der Waals surface area contributed by atoms with E-state index in [0.717, 1.165) is 44.5 Å². The van der Waals surface area contributed by atoms with Crippen molar-refractivity contribution in [2.45, 2.75) is 0 Å². The van der Waals surface area contributed by atoms with Gasteiger partial charge in [-0.25, -0.2) is 0 Å². The number of rotatable bonds is 4. The summed E-state index contributed by atoms with van der Waals surface area (Å²) in [5, 5.41) is 0. The molecule has 0 bridgehead atoms. The Kier molecular flexibility index (Phi) is 5.53. The van der Waals surface area contributed by atoms with Crippen LogP contribution in [0.4, 0.5) is 0 Å². The number of Topliss-reactive ketones (excluding diaryl/α,β-unsaturated/α-hetero) is 1. The first-order valence-corrected chi connectivity index (χ1v) is 11.0. The minimum Gasteiger partial charge on any atom is -0.289 e. The number of carbonyl (C=O) groups excluding carboxylic acids is 1. The summed E-state index contributed by atoms with van der Waals surface area (Å²) in [4.78, 5) is 14.3. The maximum absolute atomic E-state index is 14.3. The van der Waals surface area contributed by atoms with Crippen molar-refractivity contribution in [2.75, 3.05) is 0 Å². The predicted octanol–water partition coefficient (Wildman–Crippen LogP) is 6.75. The van der Waals surface area contributed by atoms with Gasteiger partial charge in [0.25, 0.3) is 0 Å². The van der Waals surface area contributed by atoms with Gasteiger partial charge in [-0.1, -0.05) is 109 Å². The highest BCUT2D eigenvalue weighted by molar-refractivity contribution is 6.59. The van der Waals surface area contributed by atoms with Crippen LogP contribution in [0.25, 0.3) is 22.3 Å². The number of hydrogen-bond donors (Lipinski definition) is 0. The first-order chi connectivity index (χ1) is 16.7. The van der Waals surface area contributed by atoms with Crippen molar-refractivity contribution in [3.63, 3.8) is 0 Å². The Balaban J connectivity index is 1.96. The van der Waals surface area contributed by atoms with Crippen LogP contribution in [-0.2, 0) is 4.79 Å². The second kappa shape index (κ2) is 8.95. The molecule has 1 nitrogen and oxygen atoms in total. The monoisotopic (exact) mass is 432 g/mol. The van der Waals surface area contributed by atoms with Gasteiger partial charge in [-0.3, -0.25) is 4.79 Å². The minimum absolute atomic E-state index is 0.0407. The van der Waals surface area contributed by atoms with E-state index >= 15 is 0 Å². The van der Waals surface area contributed by atoms with Gasteiger partial charge in [0.05, 0.1) is 0 Å². The van der Waals surface area contributed by atoms with Crippen molar-refractivity contribution in [1.29, 1.82) is 0 Å². The van der Waals surface area contributed by atoms with Crippen LogP contribution in [0.1, 0.15) is 33.4 Å². The van der Waals surface area contributed by atoms with Gasteiger partial charge in [-0.05, 0) is 34.4 Å². The summed E-state index contributed by atoms with van der Waals surface area (Å²) in [6.07, 6.45) is 11.8. The molecule has 0 amide bonds. The highest BCUT2D eigenvalue weighted by Crippen LogP contribution is 2.50. The third kappa shape index (κ3) is 3.47. The van der Waals surface area contributed by atoms with Gasteiger partial charge < -0.3 is 0 Å². The molecule has 4 aromatic rings. The maximum atomic E-state index is 14.3. The fourth-order valence-electron chi connectivity index (χ4n) is 4.56. The molecule has 1 heteroatoms. The number of terminal acetylenes is 2. The summed E-state index contributed by atoms with van der Waals surface area (Å²) in [5.41, 5.74) is 7.69. The van der Waals surface area contributed by atoms with Gasteiger partial charge in [-0.2, -0.15) is 0 Å². The van der Waals surface area contributed by atoms with Gasteiger partial charge in [0.1, 0.15) is 0 Å². The van der Waals surface area contributed by atoms with Crippen LogP contribution in [0.15, 0.2) is 109 Å². The zero-order chi connectivity index (χ0) is 23.5. The molecule has 5 rings (SSSR count). The van der Waals surface area contributed by atoms with E-state index in [1.807, 2.05) is 109 Å². The number of carbonyl (C=O) groups is 1. The predicted molar refractivity (Wildman–Crippen MR) is 140 cm³/mol. The van der Waals surface area contributed by atoms with Gasteiger partial charge in [0.2, 0.25) is 0 Å². The maximum Gasteiger partial charge on any atom is 0.195 e.